The number of benzene rings is 1. The fourth-order valence-electron chi connectivity index (χ4n) is 6.40. The van der Waals surface area contributed by atoms with Gasteiger partial charge >= 0.3 is 0 Å². The number of carbonyl (C=O) groups excluding carboxylic acids is 2. The number of carbonyl (C=O) groups is 2. The lowest BCUT2D eigenvalue weighted by molar-refractivity contribution is -0.122. The lowest BCUT2D eigenvalue weighted by Gasteiger charge is -2.23. The number of nitrogens with one attached hydrogen (secondary N) is 1. The zero-order valence-electron chi connectivity index (χ0n) is 34.6. The zero-order chi connectivity index (χ0) is 40.3. The van der Waals surface area contributed by atoms with Crippen LogP contribution in [-0.2, 0) is 9.59 Å². The predicted molar refractivity (Wildman–Crippen MR) is 225 cm³/mol. The van der Waals surface area contributed by atoms with Crippen molar-refractivity contribution >= 4 is 35.4 Å². The van der Waals surface area contributed by atoms with Gasteiger partial charge in [-0.1, -0.05) is 105 Å². The summed E-state index contributed by atoms with van der Waals surface area (Å²) in [6.07, 6.45) is 14.5. The molecular formula is C45H67N3O5. The van der Waals surface area contributed by atoms with E-state index in [1.165, 1.54) is 25.7 Å². The van der Waals surface area contributed by atoms with E-state index in [0.717, 1.165) is 66.8 Å². The van der Waals surface area contributed by atoms with Crippen molar-refractivity contribution in [3.63, 3.8) is 0 Å². The second kappa shape index (κ2) is 23.3. The molecule has 292 valence electrons. The molecule has 2 N–H and O–H groups in total. The van der Waals surface area contributed by atoms with Crippen molar-refractivity contribution in [3.8, 4) is 5.75 Å². The van der Waals surface area contributed by atoms with E-state index in [4.69, 9.17) is 14.2 Å². The molecule has 1 saturated carbocycles. The van der Waals surface area contributed by atoms with Crippen LogP contribution in [0.5, 0.6) is 5.75 Å². The second-order valence-corrected chi connectivity index (χ2v) is 14.3. The highest BCUT2D eigenvalue weighted by molar-refractivity contribution is 6.05. The Bertz CT molecular complexity index is 1680. The topological polar surface area (TPSA) is 112 Å². The van der Waals surface area contributed by atoms with Crippen molar-refractivity contribution in [2.45, 2.75) is 128 Å². The molecular weight excluding hydrogens is 663 g/mol. The maximum Gasteiger partial charge on any atom is 0.199 e. The molecule has 1 aromatic carbocycles. The first-order valence-corrected chi connectivity index (χ1v) is 19.4. The quantitative estimate of drug-likeness (QED) is 0.0765. The molecule has 0 atom stereocenters. The highest BCUT2D eigenvalue weighted by Gasteiger charge is 2.28. The predicted octanol–water partition coefficient (Wildman–Crippen LogP) is 11.4. The number of phenols is 1. The van der Waals surface area contributed by atoms with Crippen molar-refractivity contribution in [1.82, 2.24) is 0 Å². The first-order valence-electron chi connectivity index (χ1n) is 19.4. The number of hydrogen-bond acceptors (Lipinski definition) is 8. The van der Waals surface area contributed by atoms with Crippen LogP contribution in [0, 0.1) is 18.3 Å². The Kier molecular flexibility index (Phi) is 20.4. The molecule has 0 unspecified atom stereocenters. The third-order valence-corrected chi connectivity index (χ3v) is 9.20. The van der Waals surface area contributed by atoms with E-state index in [0.29, 0.717) is 34.6 Å². The highest BCUT2D eigenvalue weighted by atomic mass is 16.4. The summed E-state index contributed by atoms with van der Waals surface area (Å²) in [6, 6.07) is 6.89. The number of unbranched alkanes of at least 4 members (excludes halogenated alkanes) is 1. The molecule has 8 heteroatoms. The molecule has 53 heavy (non-hydrogen) atoms. The maximum atomic E-state index is 13.4. The lowest BCUT2D eigenvalue weighted by Crippen LogP contribution is -2.27. The minimum atomic E-state index is -0.465. The molecule has 3 rings (SSSR count). The van der Waals surface area contributed by atoms with Gasteiger partial charge < -0.3 is 24.5 Å². The van der Waals surface area contributed by atoms with Crippen LogP contribution in [0.4, 0.5) is 11.6 Å². The van der Waals surface area contributed by atoms with Gasteiger partial charge in [-0.05, 0) is 87.8 Å². The van der Waals surface area contributed by atoms with E-state index in [2.05, 4.69) is 30.6 Å². The molecule has 1 aromatic heterocycles. The Labute approximate surface area is 319 Å². The smallest absolute Gasteiger partial charge is 0.199 e. The number of Topliss-reactive ketones (excluding diaryl/α,β-unsaturated/α-hetero) is 1. The summed E-state index contributed by atoms with van der Waals surface area (Å²) in [5.41, 5.74) is 4.31. The molecule has 2 aromatic rings. The highest BCUT2D eigenvalue weighted by Crippen LogP contribution is 2.35. The lowest BCUT2D eigenvalue weighted by atomic mass is 9.81. The summed E-state index contributed by atoms with van der Waals surface area (Å²) >= 11 is 0. The fourth-order valence-corrected chi connectivity index (χ4v) is 6.40. The number of rotatable bonds is 16. The number of aromatic hydroxyl groups is 1. The van der Waals surface area contributed by atoms with Gasteiger partial charge in [0.05, 0.1) is 5.69 Å². The van der Waals surface area contributed by atoms with Gasteiger partial charge in [-0.2, -0.15) is 0 Å². The molecule has 0 bridgehead atoms. The van der Waals surface area contributed by atoms with Crippen molar-refractivity contribution < 1.29 is 19.1 Å². The number of hydrogen-bond donors (Lipinski definition) is 2. The average Bonchev–Trinajstić information content (AvgIpc) is 3.65. The van der Waals surface area contributed by atoms with Gasteiger partial charge in [0.15, 0.2) is 17.1 Å². The number of phenolic OH excluding ortho intramolecular Hbond substituents is 1. The zero-order valence-corrected chi connectivity index (χ0v) is 34.6. The van der Waals surface area contributed by atoms with E-state index in [-0.39, 0.29) is 17.0 Å². The van der Waals surface area contributed by atoms with E-state index in [9.17, 15) is 14.7 Å². The van der Waals surface area contributed by atoms with Gasteiger partial charge in [-0.25, -0.2) is 4.99 Å². The first kappa shape index (κ1) is 46.6. The maximum absolute atomic E-state index is 13.4. The van der Waals surface area contributed by atoms with E-state index in [1.807, 2.05) is 86.5 Å². The standard InChI is InChI=1S/C42H59N3O4.C2H6.CH2O/c1-11-15-23-45(22-12-2)39-27-37(46)28(5)40(49-39)35(14-4)33-20-21-36(38(47)26-33)44-30(7)43-29(6)32(13-3)25-34(41(48)42(8,9)10)24-31-18-16-17-19-31;2*1-2/h13-14,20-21,25-27,31,44,47H,7,11-12,15-19,22-24H2,1-6,8-10H3;1-2H3;1H2/b32-13-,34-25+,35-14-,43-29-;;. The van der Waals surface area contributed by atoms with E-state index >= 15 is 0 Å². The number of anilines is 2. The summed E-state index contributed by atoms with van der Waals surface area (Å²) in [6.45, 7) is 29.4. The Hall–Kier alpha value is -4.46. The number of allylic oxidation sites excluding steroid dienone is 5. The van der Waals surface area contributed by atoms with Crippen molar-refractivity contribution in [2.24, 2.45) is 16.3 Å². The Morgan fingerprint density at radius 3 is 2.23 bits per heavy atom. The Balaban J connectivity index is 0.00000339. The second-order valence-electron chi connectivity index (χ2n) is 14.3. The van der Waals surface area contributed by atoms with Gasteiger partial charge in [-0.15, -0.1) is 0 Å². The van der Waals surface area contributed by atoms with Gasteiger partial charge in [0.1, 0.15) is 24.1 Å². The Morgan fingerprint density at radius 1 is 1.06 bits per heavy atom. The van der Waals surface area contributed by atoms with Crippen LogP contribution in [-0.4, -0.2) is 36.5 Å². The normalized spacial score (nSPS) is 14.2. The summed E-state index contributed by atoms with van der Waals surface area (Å²) in [5, 5.41) is 14.2. The third kappa shape index (κ3) is 13.8. The van der Waals surface area contributed by atoms with Crippen LogP contribution >= 0.6 is 0 Å². The van der Waals surface area contributed by atoms with Gasteiger partial charge in [0.25, 0.3) is 0 Å². The van der Waals surface area contributed by atoms with E-state index in [1.54, 1.807) is 25.1 Å². The molecule has 0 spiro atoms. The summed E-state index contributed by atoms with van der Waals surface area (Å²) in [7, 11) is 0. The van der Waals surface area contributed by atoms with Crippen LogP contribution in [0.2, 0.25) is 0 Å². The summed E-state index contributed by atoms with van der Waals surface area (Å²) in [5.74, 6) is 2.15. The molecule has 1 heterocycles. The average molecular weight is 730 g/mol. The minimum absolute atomic E-state index is 0.0124. The van der Waals surface area contributed by atoms with Crippen molar-refractivity contribution in [3.05, 3.63) is 93.2 Å². The number of ketones is 1. The summed E-state index contributed by atoms with van der Waals surface area (Å²) < 4.78 is 6.41. The van der Waals surface area contributed by atoms with Crippen molar-refractivity contribution in [1.29, 1.82) is 0 Å². The largest absolute Gasteiger partial charge is 0.506 e. The third-order valence-electron chi connectivity index (χ3n) is 9.20. The number of aliphatic imine (C=N–C) groups is 1. The molecule has 0 saturated heterocycles. The van der Waals surface area contributed by atoms with Crippen LogP contribution in [0.15, 0.2) is 80.2 Å². The molecule has 1 aliphatic rings. The van der Waals surface area contributed by atoms with Gasteiger partial charge in [0.2, 0.25) is 0 Å². The molecule has 0 radical (unpaired) electrons. The molecule has 1 aliphatic carbocycles. The molecule has 8 nitrogen and oxygen atoms in total. The van der Waals surface area contributed by atoms with Crippen LogP contribution < -0.4 is 15.6 Å². The monoisotopic (exact) mass is 730 g/mol. The number of nitrogens with zero attached hydrogens (tertiary/aromatic N) is 2. The first-order chi connectivity index (χ1) is 25.2. The van der Waals surface area contributed by atoms with E-state index < -0.39 is 5.41 Å². The molecule has 0 aliphatic heterocycles. The fraction of sp³-hybridized carbons (Fsp3) is 0.511. The Morgan fingerprint density at radius 2 is 1.70 bits per heavy atom. The van der Waals surface area contributed by atoms with Crippen LogP contribution in [0.1, 0.15) is 137 Å². The molecule has 1 fully saturated rings. The van der Waals surface area contributed by atoms with Gasteiger partial charge in [-0.3, -0.25) is 9.59 Å². The molecule has 0 amide bonds. The van der Waals surface area contributed by atoms with Crippen LogP contribution in [0.3, 0.4) is 0 Å². The van der Waals surface area contributed by atoms with Gasteiger partial charge in [0, 0.05) is 41.4 Å². The summed E-state index contributed by atoms with van der Waals surface area (Å²) in [4.78, 5) is 41.4. The minimum Gasteiger partial charge on any atom is -0.506 e. The van der Waals surface area contributed by atoms with Crippen LogP contribution in [0.25, 0.3) is 5.57 Å². The SMILES string of the molecule is C=C(\N=C(C)/C(=C\C)/C=C(\CC1CCCC1)C(=O)C(C)(C)C)Nc1ccc(/C(=C/C)c2oc(N(CCC)CCCC)cc(=O)c2C)cc1O.C=O.CC. The van der Waals surface area contributed by atoms with Crippen molar-refractivity contribution in [2.75, 3.05) is 23.3 Å².